The van der Waals surface area contributed by atoms with E-state index >= 15 is 0 Å². The molecule has 2 aliphatic rings. The van der Waals surface area contributed by atoms with Crippen LogP contribution < -0.4 is 0 Å². The highest BCUT2D eigenvalue weighted by Gasteiger charge is 2.51. The van der Waals surface area contributed by atoms with Crippen LogP contribution in [0.25, 0.3) is 22.3 Å². The number of rotatable bonds is 0. The van der Waals surface area contributed by atoms with Crippen molar-refractivity contribution in [3.8, 4) is 22.3 Å². The van der Waals surface area contributed by atoms with Gasteiger partial charge < -0.3 is 0 Å². The van der Waals surface area contributed by atoms with E-state index in [2.05, 4.69) is 114 Å². The van der Waals surface area contributed by atoms with E-state index < -0.39 is 0 Å². The molecule has 0 bridgehead atoms. The third kappa shape index (κ3) is 1.61. The lowest BCUT2D eigenvalue weighted by atomic mass is 9.70. The third-order valence-electron chi connectivity index (χ3n) is 5.96. The van der Waals surface area contributed by atoms with E-state index in [0.29, 0.717) is 0 Å². The van der Waals surface area contributed by atoms with E-state index in [4.69, 9.17) is 0 Å². The molecule has 0 saturated carbocycles. The summed E-state index contributed by atoms with van der Waals surface area (Å²) in [7, 11) is 0. The Morgan fingerprint density at radius 2 is 0.885 bits per heavy atom. The van der Waals surface area contributed by atoms with Crippen molar-refractivity contribution in [2.24, 2.45) is 0 Å². The standard InChI is InChI=1S/C25H15I/c26-16-13-14-24-20(15-16)19-9-3-6-12-23(19)25(24)21-10-4-1-7-17(21)18-8-2-5-11-22(18)25/h1-15H. The van der Waals surface area contributed by atoms with Gasteiger partial charge in [-0.1, -0.05) is 78.9 Å². The maximum absolute atomic E-state index is 2.42. The molecule has 0 atom stereocenters. The second-order valence-electron chi connectivity index (χ2n) is 7.08. The van der Waals surface area contributed by atoms with E-state index in [1.54, 1.807) is 0 Å². The van der Waals surface area contributed by atoms with Crippen LogP contribution in [0.2, 0.25) is 0 Å². The fourth-order valence-corrected chi connectivity index (χ4v) is 5.56. The average Bonchev–Trinajstić information content (AvgIpc) is 3.15. The molecular formula is C25H15I. The molecule has 4 aromatic carbocycles. The van der Waals surface area contributed by atoms with Crippen LogP contribution in [0.4, 0.5) is 0 Å². The van der Waals surface area contributed by atoms with Gasteiger partial charge in [0, 0.05) is 3.57 Å². The molecule has 0 aromatic heterocycles. The molecule has 0 unspecified atom stereocenters. The van der Waals surface area contributed by atoms with Crippen LogP contribution in [0, 0.1) is 3.57 Å². The summed E-state index contributed by atoms with van der Waals surface area (Å²) < 4.78 is 1.28. The van der Waals surface area contributed by atoms with Gasteiger partial charge in [0.05, 0.1) is 5.41 Å². The molecule has 122 valence electrons. The lowest BCUT2D eigenvalue weighted by Crippen LogP contribution is -2.25. The Kier molecular flexibility index (Phi) is 2.88. The van der Waals surface area contributed by atoms with Gasteiger partial charge >= 0.3 is 0 Å². The highest BCUT2D eigenvalue weighted by Crippen LogP contribution is 2.62. The van der Waals surface area contributed by atoms with Gasteiger partial charge in [0.1, 0.15) is 0 Å². The van der Waals surface area contributed by atoms with Crippen molar-refractivity contribution in [1.82, 2.24) is 0 Å². The Bertz CT molecular complexity index is 1160. The third-order valence-corrected chi connectivity index (χ3v) is 6.63. The molecule has 1 heteroatoms. The largest absolute Gasteiger partial charge is 0.0725 e. The highest BCUT2D eigenvalue weighted by atomic mass is 127. The van der Waals surface area contributed by atoms with Crippen LogP contribution in [-0.4, -0.2) is 0 Å². The first-order chi connectivity index (χ1) is 12.8. The molecule has 0 saturated heterocycles. The predicted molar refractivity (Wildman–Crippen MR) is 115 cm³/mol. The molecule has 1 spiro atoms. The minimum atomic E-state index is -0.191. The molecule has 26 heavy (non-hydrogen) atoms. The Labute approximate surface area is 166 Å². The second kappa shape index (κ2) is 5.08. The van der Waals surface area contributed by atoms with E-state index in [1.807, 2.05) is 0 Å². The molecule has 2 aliphatic carbocycles. The van der Waals surface area contributed by atoms with Crippen molar-refractivity contribution in [3.05, 3.63) is 117 Å². The van der Waals surface area contributed by atoms with E-state index in [0.717, 1.165) is 0 Å². The molecule has 4 aromatic rings. The zero-order valence-corrected chi connectivity index (χ0v) is 16.2. The van der Waals surface area contributed by atoms with E-state index in [9.17, 15) is 0 Å². The molecule has 6 rings (SSSR count). The number of halogens is 1. The van der Waals surface area contributed by atoms with Gasteiger partial charge in [-0.05, 0) is 79.2 Å². The monoisotopic (exact) mass is 442 g/mol. The minimum Gasteiger partial charge on any atom is -0.0619 e. The van der Waals surface area contributed by atoms with Gasteiger partial charge in [-0.15, -0.1) is 0 Å². The predicted octanol–water partition coefficient (Wildman–Crippen LogP) is 6.63. The number of benzene rings is 4. The zero-order chi connectivity index (χ0) is 17.3. The molecule has 0 amide bonds. The van der Waals surface area contributed by atoms with Gasteiger partial charge in [0.2, 0.25) is 0 Å². The summed E-state index contributed by atoms with van der Waals surface area (Å²) in [5.41, 5.74) is 10.9. The summed E-state index contributed by atoms with van der Waals surface area (Å²) in [6.45, 7) is 0. The van der Waals surface area contributed by atoms with Crippen molar-refractivity contribution in [2.75, 3.05) is 0 Å². The van der Waals surface area contributed by atoms with Gasteiger partial charge in [-0.25, -0.2) is 0 Å². The average molecular weight is 442 g/mol. The van der Waals surface area contributed by atoms with Crippen molar-refractivity contribution in [1.29, 1.82) is 0 Å². The summed E-state index contributed by atoms with van der Waals surface area (Å²) >= 11 is 2.42. The molecule has 0 aliphatic heterocycles. The maximum atomic E-state index is 2.42. The first kappa shape index (κ1) is 14.7. The molecule has 0 nitrogen and oxygen atoms in total. The first-order valence-electron chi connectivity index (χ1n) is 8.91. The van der Waals surface area contributed by atoms with Crippen LogP contribution in [0.5, 0.6) is 0 Å². The van der Waals surface area contributed by atoms with Crippen LogP contribution >= 0.6 is 22.6 Å². The van der Waals surface area contributed by atoms with Gasteiger partial charge in [0.25, 0.3) is 0 Å². The van der Waals surface area contributed by atoms with E-state index in [1.165, 1.54) is 48.1 Å². The lowest BCUT2D eigenvalue weighted by molar-refractivity contribution is 0.793. The lowest BCUT2D eigenvalue weighted by Gasteiger charge is -2.30. The van der Waals surface area contributed by atoms with Crippen LogP contribution in [0.15, 0.2) is 91.0 Å². The summed E-state index contributed by atoms with van der Waals surface area (Å²) in [5, 5.41) is 0. The normalized spacial score (nSPS) is 14.7. The van der Waals surface area contributed by atoms with Crippen LogP contribution in [0.3, 0.4) is 0 Å². The van der Waals surface area contributed by atoms with Gasteiger partial charge in [-0.3, -0.25) is 0 Å². The zero-order valence-electron chi connectivity index (χ0n) is 14.0. The van der Waals surface area contributed by atoms with Crippen molar-refractivity contribution in [3.63, 3.8) is 0 Å². The van der Waals surface area contributed by atoms with Gasteiger partial charge in [-0.2, -0.15) is 0 Å². The van der Waals surface area contributed by atoms with Crippen LogP contribution in [0.1, 0.15) is 22.3 Å². The topological polar surface area (TPSA) is 0 Å². The maximum Gasteiger partial charge on any atom is 0.0725 e. The van der Waals surface area contributed by atoms with Crippen molar-refractivity contribution < 1.29 is 0 Å². The Morgan fingerprint density at radius 1 is 0.462 bits per heavy atom. The van der Waals surface area contributed by atoms with Crippen molar-refractivity contribution in [2.45, 2.75) is 5.41 Å². The molecule has 0 fully saturated rings. The Hall–Kier alpha value is -2.39. The number of hydrogen-bond donors (Lipinski definition) is 0. The van der Waals surface area contributed by atoms with Crippen molar-refractivity contribution >= 4 is 22.6 Å². The highest BCUT2D eigenvalue weighted by molar-refractivity contribution is 14.1. The molecule has 0 heterocycles. The Balaban J connectivity index is 1.87. The summed E-state index contributed by atoms with van der Waals surface area (Å²) in [6.07, 6.45) is 0. The SMILES string of the molecule is Ic1ccc2c(c1)-c1ccccc1C21c2ccccc2-c2ccccc21. The number of hydrogen-bond acceptors (Lipinski definition) is 0. The Morgan fingerprint density at radius 3 is 1.42 bits per heavy atom. The summed E-state index contributed by atoms with van der Waals surface area (Å²) in [5.74, 6) is 0. The first-order valence-corrected chi connectivity index (χ1v) is 9.99. The molecule has 0 radical (unpaired) electrons. The quantitative estimate of drug-likeness (QED) is 0.232. The second-order valence-corrected chi connectivity index (χ2v) is 8.32. The number of fused-ring (bicyclic) bond motifs is 10. The van der Waals surface area contributed by atoms with Crippen LogP contribution in [-0.2, 0) is 5.41 Å². The molecular weight excluding hydrogens is 427 g/mol. The summed E-state index contributed by atoms with van der Waals surface area (Å²) in [4.78, 5) is 0. The van der Waals surface area contributed by atoms with E-state index in [-0.39, 0.29) is 5.41 Å². The summed E-state index contributed by atoms with van der Waals surface area (Å²) in [6, 6.07) is 33.7. The smallest absolute Gasteiger partial charge is 0.0619 e. The fourth-order valence-electron chi connectivity index (χ4n) is 5.07. The molecule has 0 N–H and O–H groups in total. The fraction of sp³-hybridized carbons (Fsp3) is 0.0400. The minimum absolute atomic E-state index is 0.191. The van der Waals surface area contributed by atoms with Gasteiger partial charge in [0.15, 0.2) is 0 Å².